The van der Waals surface area contributed by atoms with Crippen molar-refractivity contribution in [1.82, 2.24) is 10.2 Å². The third-order valence-corrected chi connectivity index (χ3v) is 1.92. The molecule has 17 heavy (non-hydrogen) atoms. The minimum atomic E-state index is -0.498. The topological polar surface area (TPSA) is 98.1 Å². The van der Waals surface area contributed by atoms with Gasteiger partial charge in [0.15, 0.2) is 0 Å². The fourth-order valence-electron chi connectivity index (χ4n) is 1.15. The molecule has 2 aromatic rings. The number of rotatable bonds is 3. The van der Waals surface area contributed by atoms with Gasteiger partial charge in [0.25, 0.3) is 11.2 Å². The number of nitrogens with one attached hydrogen (secondary N) is 1. The van der Waals surface area contributed by atoms with Crippen LogP contribution in [-0.2, 0) is 0 Å². The highest BCUT2D eigenvalue weighted by molar-refractivity contribution is 5.37. The lowest BCUT2D eigenvalue weighted by atomic mass is 10.3. The summed E-state index contributed by atoms with van der Waals surface area (Å²) in [6.45, 7) is 0. The summed E-state index contributed by atoms with van der Waals surface area (Å²) in [5, 5.41) is 16.3. The number of benzene rings is 1. The van der Waals surface area contributed by atoms with Gasteiger partial charge in [-0.05, 0) is 12.1 Å². The Morgan fingerprint density at radius 2 is 1.88 bits per heavy atom. The van der Waals surface area contributed by atoms with Crippen LogP contribution in [0.5, 0.6) is 11.6 Å². The summed E-state index contributed by atoms with van der Waals surface area (Å²) in [7, 11) is 0. The van der Waals surface area contributed by atoms with Crippen LogP contribution in [0.25, 0.3) is 0 Å². The molecule has 7 heteroatoms. The van der Waals surface area contributed by atoms with Gasteiger partial charge in [0, 0.05) is 24.3 Å². The van der Waals surface area contributed by atoms with E-state index in [1.807, 2.05) is 0 Å². The van der Waals surface area contributed by atoms with E-state index in [0.717, 1.165) is 0 Å². The van der Waals surface area contributed by atoms with Crippen molar-refractivity contribution in [3.8, 4) is 11.6 Å². The maximum Gasteiger partial charge on any atom is 0.269 e. The first-order valence-electron chi connectivity index (χ1n) is 4.63. The fraction of sp³-hybridized carbons (Fsp3) is 0. The SMILES string of the molecule is O=c1ccc(Oc2ccc([N+](=O)[O-])cc2)n[nH]1. The summed E-state index contributed by atoms with van der Waals surface area (Å²) in [6, 6.07) is 8.21. The summed E-state index contributed by atoms with van der Waals surface area (Å²) in [5.41, 5.74) is -0.354. The number of ether oxygens (including phenoxy) is 1. The van der Waals surface area contributed by atoms with E-state index in [-0.39, 0.29) is 17.1 Å². The van der Waals surface area contributed by atoms with Crippen LogP contribution in [0, 0.1) is 10.1 Å². The van der Waals surface area contributed by atoms with E-state index in [4.69, 9.17) is 4.74 Å². The molecule has 0 spiro atoms. The van der Waals surface area contributed by atoms with E-state index in [2.05, 4.69) is 10.2 Å². The maximum absolute atomic E-state index is 10.7. The van der Waals surface area contributed by atoms with Crippen molar-refractivity contribution in [1.29, 1.82) is 0 Å². The van der Waals surface area contributed by atoms with Crippen molar-refractivity contribution < 1.29 is 9.66 Å². The molecule has 0 unspecified atom stereocenters. The van der Waals surface area contributed by atoms with Gasteiger partial charge in [-0.2, -0.15) is 0 Å². The van der Waals surface area contributed by atoms with Crippen LogP contribution in [-0.4, -0.2) is 15.1 Å². The Labute approximate surface area is 94.8 Å². The Morgan fingerprint density at radius 1 is 1.18 bits per heavy atom. The number of nitrogens with zero attached hydrogens (tertiary/aromatic N) is 2. The zero-order valence-electron chi connectivity index (χ0n) is 8.49. The maximum atomic E-state index is 10.7. The molecule has 0 bridgehead atoms. The van der Waals surface area contributed by atoms with Crippen molar-refractivity contribution in [2.45, 2.75) is 0 Å². The average molecular weight is 233 g/mol. The highest BCUT2D eigenvalue weighted by Gasteiger charge is 2.05. The number of hydrogen-bond donors (Lipinski definition) is 1. The van der Waals surface area contributed by atoms with Crippen molar-refractivity contribution >= 4 is 5.69 Å². The standard InChI is InChI=1S/C10H7N3O4/c14-9-5-6-10(12-11-9)17-8-3-1-7(2-4-8)13(15)16/h1-6H,(H,11,14). The number of H-pyrrole nitrogens is 1. The van der Waals surface area contributed by atoms with Gasteiger partial charge in [-0.3, -0.25) is 14.9 Å². The minimum absolute atomic E-state index is 0.0215. The first-order chi connectivity index (χ1) is 8.15. The number of aromatic amines is 1. The number of aromatic nitrogens is 2. The molecule has 86 valence electrons. The normalized spacial score (nSPS) is 9.88. The van der Waals surface area contributed by atoms with Crippen molar-refractivity contribution in [2.24, 2.45) is 0 Å². The first-order valence-corrected chi connectivity index (χ1v) is 4.63. The second-order valence-corrected chi connectivity index (χ2v) is 3.11. The minimum Gasteiger partial charge on any atom is -0.438 e. The molecule has 0 amide bonds. The van der Waals surface area contributed by atoms with E-state index in [0.29, 0.717) is 5.75 Å². The molecule has 0 saturated heterocycles. The monoisotopic (exact) mass is 233 g/mol. The molecular formula is C10H7N3O4. The predicted octanol–water partition coefficient (Wildman–Crippen LogP) is 1.47. The van der Waals surface area contributed by atoms with E-state index in [1.165, 1.54) is 36.4 Å². The van der Waals surface area contributed by atoms with Crippen LogP contribution in [0.1, 0.15) is 0 Å². The molecule has 0 aliphatic heterocycles. The van der Waals surface area contributed by atoms with Crippen LogP contribution < -0.4 is 10.3 Å². The summed E-state index contributed by atoms with van der Waals surface area (Å²) in [5.74, 6) is 0.605. The number of hydrogen-bond acceptors (Lipinski definition) is 5. The van der Waals surface area contributed by atoms with Gasteiger partial charge in [0.2, 0.25) is 5.88 Å². The number of non-ortho nitro benzene ring substituents is 1. The van der Waals surface area contributed by atoms with Crippen LogP contribution in [0.3, 0.4) is 0 Å². The largest absolute Gasteiger partial charge is 0.438 e. The molecule has 1 aromatic carbocycles. The molecule has 2 rings (SSSR count). The third-order valence-electron chi connectivity index (χ3n) is 1.92. The van der Waals surface area contributed by atoms with Crippen molar-refractivity contribution in [3.63, 3.8) is 0 Å². The Morgan fingerprint density at radius 3 is 2.41 bits per heavy atom. The van der Waals surface area contributed by atoms with E-state index < -0.39 is 4.92 Å². The molecule has 0 aliphatic rings. The van der Waals surface area contributed by atoms with Crippen LogP contribution in [0.4, 0.5) is 5.69 Å². The lowest BCUT2D eigenvalue weighted by Crippen LogP contribution is -2.05. The highest BCUT2D eigenvalue weighted by Crippen LogP contribution is 2.21. The van der Waals surface area contributed by atoms with Gasteiger partial charge in [-0.15, -0.1) is 5.10 Å². The van der Waals surface area contributed by atoms with Crippen LogP contribution in [0.2, 0.25) is 0 Å². The van der Waals surface area contributed by atoms with Gasteiger partial charge in [0.05, 0.1) is 4.92 Å². The summed E-state index contributed by atoms with van der Waals surface area (Å²) < 4.78 is 5.26. The van der Waals surface area contributed by atoms with Crippen LogP contribution >= 0.6 is 0 Å². The molecule has 7 nitrogen and oxygen atoms in total. The third kappa shape index (κ3) is 2.65. The molecule has 0 saturated carbocycles. The van der Waals surface area contributed by atoms with Gasteiger partial charge in [-0.25, -0.2) is 5.10 Å². The summed E-state index contributed by atoms with van der Waals surface area (Å²) >= 11 is 0. The summed E-state index contributed by atoms with van der Waals surface area (Å²) in [6.07, 6.45) is 0. The lowest BCUT2D eigenvalue weighted by Gasteiger charge is -2.02. The second-order valence-electron chi connectivity index (χ2n) is 3.11. The molecule has 0 fully saturated rings. The van der Waals surface area contributed by atoms with Gasteiger partial charge < -0.3 is 4.74 Å². The molecule has 1 heterocycles. The Kier molecular flexibility index (Phi) is 2.82. The first kappa shape index (κ1) is 10.8. The van der Waals surface area contributed by atoms with Crippen LogP contribution in [0.15, 0.2) is 41.2 Å². The van der Waals surface area contributed by atoms with E-state index >= 15 is 0 Å². The molecule has 0 radical (unpaired) electrons. The molecule has 0 aliphatic carbocycles. The average Bonchev–Trinajstić information content (AvgIpc) is 2.33. The molecule has 1 aromatic heterocycles. The Balaban J connectivity index is 2.16. The number of nitro groups is 1. The Hall–Kier alpha value is -2.70. The fourth-order valence-corrected chi connectivity index (χ4v) is 1.15. The molecule has 0 atom stereocenters. The molecule has 1 N–H and O–H groups in total. The number of nitro benzene ring substituents is 1. The van der Waals surface area contributed by atoms with E-state index in [1.54, 1.807) is 0 Å². The Bertz CT molecular complexity index is 571. The van der Waals surface area contributed by atoms with E-state index in [9.17, 15) is 14.9 Å². The quantitative estimate of drug-likeness (QED) is 0.639. The zero-order chi connectivity index (χ0) is 12.3. The van der Waals surface area contributed by atoms with Gasteiger partial charge in [-0.1, -0.05) is 0 Å². The molecular weight excluding hydrogens is 226 g/mol. The van der Waals surface area contributed by atoms with Crippen molar-refractivity contribution in [3.05, 3.63) is 56.9 Å². The lowest BCUT2D eigenvalue weighted by molar-refractivity contribution is -0.384. The summed E-state index contributed by atoms with van der Waals surface area (Å²) in [4.78, 5) is 20.7. The predicted molar refractivity (Wildman–Crippen MR) is 58.0 cm³/mol. The highest BCUT2D eigenvalue weighted by atomic mass is 16.6. The van der Waals surface area contributed by atoms with Gasteiger partial charge in [0.1, 0.15) is 5.75 Å². The van der Waals surface area contributed by atoms with Gasteiger partial charge >= 0.3 is 0 Å². The smallest absolute Gasteiger partial charge is 0.269 e. The zero-order valence-corrected chi connectivity index (χ0v) is 8.49. The van der Waals surface area contributed by atoms with Crippen molar-refractivity contribution in [2.75, 3.05) is 0 Å². The second kappa shape index (κ2) is 4.44.